The molecule has 0 radical (unpaired) electrons. The number of carboxylic acid groups (broad SMARTS) is 1. The summed E-state index contributed by atoms with van der Waals surface area (Å²) in [4.78, 5) is 37.8. The van der Waals surface area contributed by atoms with Gasteiger partial charge in [-0.25, -0.2) is 9.59 Å². The predicted molar refractivity (Wildman–Crippen MR) is 118 cm³/mol. The standard InChI is InChI=1S/C25H26N2O6/c28-22(27-13-25(32,14-27)23(29)30)19-10-5-11-21(19)26-24(31)33-12-20-17-8-3-1-6-15(17)16-7-2-4-9-18(16)20/h1-4,6-9,19-21,32H,5,10-14H2,(H,26,31)(H,29,30)/t19-,21+/m1/s1. The van der Waals surface area contributed by atoms with Crippen LogP contribution < -0.4 is 5.32 Å². The molecule has 2 aromatic carbocycles. The number of alkyl carbamates (subject to hydrolysis) is 1. The van der Waals surface area contributed by atoms with Gasteiger partial charge >= 0.3 is 12.1 Å². The third kappa shape index (κ3) is 3.74. The molecule has 3 N–H and O–H groups in total. The Kier molecular flexibility index (Phi) is 5.32. The number of likely N-dealkylation sites (tertiary alicyclic amines) is 1. The minimum Gasteiger partial charge on any atom is -0.479 e. The summed E-state index contributed by atoms with van der Waals surface area (Å²) in [6, 6.07) is 15.8. The zero-order valence-corrected chi connectivity index (χ0v) is 18.1. The average Bonchev–Trinajstić information content (AvgIpc) is 3.37. The molecule has 2 atom stereocenters. The quantitative estimate of drug-likeness (QED) is 0.644. The molecule has 2 aliphatic carbocycles. The molecule has 1 heterocycles. The molecule has 0 unspecified atom stereocenters. The number of amides is 2. The molecule has 1 saturated heterocycles. The summed E-state index contributed by atoms with van der Waals surface area (Å²) in [5, 5.41) is 21.8. The van der Waals surface area contributed by atoms with Crippen molar-refractivity contribution in [2.24, 2.45) is 5.92 Å². The van der Waals surface area contributed by atoms with Crippen LogP contribution in [-0.2, 0) is 14.3 Å². The number of aliphatic carboxylic acids is 1. The highest BCUT2D eigenvalue weighted by Crippen LogP contribution is 2.44. The number of benzene rings is 2. The van der Waals surface area contributed by atoms with Crippen LogP contribution in [0.2, 0.25) is 0 Å². The van der Waals surface area contributed by atoms with Gasteiger partial charge in [0.25, 0.3) is 0 Å². The van der Waals surface area contributed by atoms with E-state index in [1.807, 2.05) is 24.3 Å². The summed E-state index contributed by atoms with van der Waals surface area (Å²) in [7, 11) is 0. The normalized spacial score (nSPS) is 22.8. The van der Waals surface area contributed by atoms with E-state index in [0.29, 0.717) is 12.8 Å². The fourth-order valence-corrected chi connectivity index (χ4v) is 5.33. The van der Waals surface area contributed by atoms with Crippen LogP contribution in [0.15, 0.2) is 48.5 Å². The minimum absolute atomic E-state index is 0.0426. The highest BCUT2D eigenvalue weighted by Gasteiger charge is 2.52. The molecule has 1 saturated carbocycles. The molecule has 0 aromatic heterocycles. The monoisotopic (exact) mass is 450 g/mol. The van der Waals surface area contributed by atoms with E-state index in [-0.39, 0.29) is 37.6 Å². The lowest BCUT2D eigenvalue weighted by Crippen LogP contribution is -2.68. The fraction of sp³-hybridized carbons (Fsp3) is 0.400. The molecular formula is C25H26N2O6. The average molecular weight is 450 g/mol. The van der Waals surface area contributed by atoms with E-state index < -0.39 is 23.6 Å². The molecule has 0 spiro atoms. The smallest absolute Gasteiger partial charge is 0.407 e. The molecule has 8 heteroatoms. The van der Waals surface area contributed by atoms with Gasteiger partial charge in [0, 0.05) is 12.0 Å². The number of carboxylic acids is 1. The van der Waals surface area contributed by atoms with E-state index in [9.17, 15) is 19.5 Å². The minimum atomic E-state index is -1.87. The molecule has 2 amide bonds. The Labute approximate surface area is 191 Å². The largest absolute Gasteiger partial charge is 0.479 e. The first kappa shape index (κ1) is 21.5. The summed E-state index contributed by atoms with van der Waals surface area (Å²) in [5.41, 5.74) is 2.69. The second-order valence-electron chi connectivity index (χ2n) is 9.14. The number of β-amino-alcohol motifs (C(OH)–C–C–N with tert-alkyl or cyclic N) is 1. The van der Waals surface area contributed by atoms with Crippen LogP contribution in [0.1, 0.15) is 36.3 Å². The fourth-order valence-electron chi connectivity index (χ4n) is 5.33. The summed E-state index contributed by atoms with van der Waals surface area (Å²) in [5.74, 6) is -2.04. The van der Waals surface area contributed by atoms with Crippen LogP contribution in [0.25, 0.3) is 11.1 Å². The summed E-state index contributed by atoms with van der Waals surface area (Å²) >= 11 is 0. The van der Waals surface area contributed by atoms with E-state index in [1.165, 1.54) is 4.90 Å². The number of hydrogen-bond acceptors (Lipinski definition) is 5. The molecule has 3 aliphatic rings. The lowest BCUT2D eigenvalue weighted by Gasteiger charge is -2.44. The predicted octanol–water partition coefficient (Wildman–Crippen LogP) is 2.35. The summed E-state index contributed by atoms with van der Waals surface area (Å²) in [6.45, 7) is -0.256. The van der Waals surface area contributed by atoms with Crippen molar-refractivity contribution in [3.8, 4) is 11.1 Å². The maximum absolute atomic E-state index is 12.8. The number of fused-ring (bicyclic) bond motifs is 3. The summed E-state index contributed by atoms with van der Waals surface area (Å²) in [6.07, 6.45) is 1.47. The number of nitrogens with zero attached hydrogens (tertiary/aromatic N) is 1. The van der Waals surface area contributed by atoms with Crippen molar-refractivity contribution in [1.82, 2.24) is 10.2 Å². The Morgan fingerprint density at radius 1 is 1.00 bits per heavy atom. The van der Waals surface area contributed by atoms with E-state index in [4.69, 9.17) is 9.84 Å². The third-order valence-electron chi connectivity index (χ3n) is 7.09. The van der Waals surface area contributed by atoms with Gasteiger partial charge in [-0.05, 0) is 35.1 Å². The Balaban J connectivity index is 1.20. The van der Waals surface area contributed by atoms with Crippen molar-refractivity contribution < 1.29 is 29.3 Å². The number of carbonyl (C=O) groups excluding carboxylic acids is 2. The second-order valence-corrected chi connectivity index (χ2v) is 9.14. The van der Waals surface area contributed by atoms with Crippen LogP contribution in [0.4, 0.5) is 4.79 Å². The molecule has 8 nitrogen and oxygen atoms in total. The van der Waals surface area contributed by atoms with E-state index >= 15 is 0 Å². The van der Waals surface area contributed by atoms with Crippen molar-refractivity contribution in [2.75, 3.05) is 19.7 Å². The number of carbonyl (C=O) groups is 3. The Hall–Kier alpha value is -3.39. The van der Waals surface area contributed by atoms with Gasteiger partial charge in [-0.2, -0.15) is 0 Å². The number of nitrogens with one attached hydrogen (secondary N) is 1. The molecule has 172 valence electrons. The Bertz CT molecular complexity index is 1060. The van der Waals surface area contributed by atoms with Crippen LogP contribution in [0.5, 0.6) is 0 Å². The van der Waals surface area contributed by atoms with Crippen LogP contribution in [0.3, 0.4) is 0 Å². The van der Waals surface area contributed by atoms with Gasteiger partial charge < -0.3 is 25.2 Å². The van der Waals surface area contributed by atoms with E-state index in [2.05, 4.69) is 29.6 Å². The number of ether oxygens (including phenoxy) is 1. The van der Waals surface area contributed by atoms with Crippen LogP contribution in [-0.4, -0.2) is 64.4 Å². The molecule has 2 fully saturated rings. The zero-order chi connectivity index (χ0) is 23.2. The van der Waals surface area contributed by atoms with Gasteiger partial charge in [0.2, 0.25) is 5.91 Å². The Morgan fingerprint density at radius 2 is 1.61 bits per heavy atom. The van der Waals surface area contributed by atoms with Crippen LogP contribution >= 0.6 is 0 Å². The molecule has 5 rings (SSSR count). The topological polar surface area (TPSA) is 116 Å². The number of rotatable bonds is 5. The van der Waals surface area contributed by atoms with Crippen molar-refractivity contribution >= 4 is 18.0 Å². The van der Waals surface area contributed by atoms with E-state index in [1.54, 1.807) is 0 Å². The molecule has 2 aromatic rings. The van der Waals surface area contributed by atoms with Gasteiger partial charge in [-0.3, -0.25) is 4.79 Å². The maximum Gasteiger partial charge on any atom is 0.407 e. The van der Waals surface area contributed by atoms with Gasteiger partial charge in [0.1, 0.15) is 6.61 Å². The van der Waals surface area contributed by atoms with Gasteiger partial charge in [-0.15, -0.1) is 0 Å². The first-order valence-corrected chi connectivity index (χ1v) is 11.2. The third-order valence-corrected chi connectivity index (χ3v) is 7.09. The van der Waals surface area contributed by atoms with Crippen molar-refractivity contribution in [2.45, 2.75) is 36.8 Å². The Morgan fingerprint density at radius 3 is 2.21 bits per heavy atom. The first-order valence-electron chi connectivity index (χ1n) is 11.2. The van der Waals surface area contributed by atoms with Gasteiger partial charge in [-0.1, -0.05) is 55.0 Å². The molecule has 0 bridgehead atoms. The molecule has 1 aliphatic heterocycles. The lowest BCUT2D eigenvalue weighted by molar-refractivity contribution is -0.183. The SMILES string of the molecule is O=C(N[C@H]1CCC[C@H]1C(=O)N1CC(O)(C(=O)O)C1)OCC1c2ccccc2-c2ccccc21. The number of hydrogen-bond donors (Lipinski definition) is 3. The number of aliphatic hydroxyl groups is 1. The van der Waals surface area contributed by atoms with E-state index in [0.717, 1.165) is 28.7 Å². The summed E-state index contributed by atoms with van der Waals surface area (Å²) < 4.78 is 5.60. The highest BCUT2D eigenvalue weighted by atomic mass is 16.5. The van der Waals surface area contributed by atoms with Crippen molar-refractivity contribution in [1.29, 1.82) is 0 Å². The van der Waals surface area contributed by atoms with Gasteiger partial charge in [0.05, 0.1) is 19.0 Å². The zero-order valence-electron chi connectivity index (χ0n) is 18.1. The second kappa shape index (κ2) is 8.19. The van der Waals surface area contributed by atoms with Crippen molar-refractivity contribution in [3.05, 3.63) is 59.7 Å². The maximum atomic E-state index is 12.8. The molecular weight excluding hydrogens is 424 g/mol. The van der Waals surface area contributed by atoms with Crippen molar-refractivity contribution in [3.63, 3.8) is 0 Å². The first-order chi connectivity index (χ1) is 15.9. The van der Waals surface area contributed by atoms with Crippen LogP contribution in [0, 0.1) is 5.92 Å². The van der Waals surface area contributed by atoms with Gasteiger partial charge in [0.15, 0.2) is 5.60 Å². The highest BCUT2D eigenvalue weighted by molar-refractivity contribution is 5.87. The lowest BCUT2D eigenvalue weighted by atomic mass is 9.91. The molecule has 33 heavy (non-hydrogen) atoms.